The van der Waals surface area contributed by atoms with E-state index in [1.807, 2.05) is 27.7 Å². The highest BCUT2D eigenvalue weighted by atomic mass is 32.1. The standard InChI is InChI=1S/C5H12O.C3H8S.C2H6/c1-3-4-5-6-2;1-3(2)4;1-2/h3-5H2,1-2H3;3-4H,1-2H3;1-2H3. The van der Waals surface area contributed by atoms with Gasteiger partial charge in [-0.25, -0.2) is 0 Å². The van der Waals surface area contributed by atoms with Crippen LogP contribution in [-0.4, -0.2) is 19.0 Å². The van der Waals surface area contributed by atoms with Crippen molar-refractivity contribution in [1.29, 1.82) is 0 Å². The summed E-state index contributed by atoms with van der Waals surface area (Å²) in [7, 11) is 1.73. The summed E-state index contributed by atoms with van der Waals surface area (Å²) in [5.74, 6) is 0. The summed E-state index contributed by atoms with van der Waals surface area (Å²) in [4.78, 5) is 0. The minimum atomic E-state index is 0.528. The summed E-state index contributed by atoms with van der Waals surface area (Å²) in [6, 6.07) is 0. The van der Waals surface area contributed by atoms with Gasteiger partial charge in [-0.15, -0.1) is 0 Å². The Hall–Kier alpha value is 0.310. The largest absolute Gasteiger partial charge is 0.385 e. The summed E-state index contributed by atoms with van der Waals surface area (Å²) in [5, 5.41) is 0.528. The molecular weight excluding hydrogens is 168 g/mol. The van der Waals surface area contributed by atoms with Crippen LogP contribution < -0.4 is 0 Å². The van der Waals surface area contributed by atoms with Gasteiger partial charge < -0.3 is 4.74 Å². The zero-order valence-electron chi connectivity index (χ0n) is 9.55. The molecule has 0 N–H and O–H groups in total. The molecule has 0 atom stereocenters. The number of hydrogen-bond donors (Lipinski definition) is 1. The Labute approximate surface area is 84.3 Å². The van der Waals surface area contributed by atoms with Crippen LogP contribution in [0.2, 0.25) is 0 Å². The number of hydrogen-bond acceptors (Lipinski definition) is 2. The number of rotatable bonds is 3. The predicted molar refractivity (Wildman–Crippen MR) is 62.3 cm³/mol. The van der Waals surface area contributed by atoms with E-state index in [1.54, 1.807) is 7.11 Å². The molecule has 0 heterocycles. The van der Waals surface area contributed by atoms with Crippen molar-refractivity contribution in [3.63, 3.8) is 0 Å². The molecule has 0 spiro atoms. The molecule has 0 bridgehead atoms. The zero-order chi connectivity index (χ0) is 10.4. The molecule has 0 aliphatic carbocycles. The van der Waals surface area contributed by atoms with Crippen LogP contribution in [0.1, 0.15) is 47.5 Å². The van der Waals surface area contributed by atoms with E-state index in [0.717, 1.165) is 6.61 Å². The van der Waals surface area contributed by atoms with E-state index >= 15 is 0 Å². The monoisotopic (exact) mass is 194 g/mol. The zero-order valence-corrected chi connectivity index (χ0v) is 10.4. The minimum absolute atomic E-state index is 0.528. The Morgan fingerprint density at radius 3 is 1.67 bits per heavy atom. The SMILES string of the molecule is CC.CC(C)S.CCCCOC. The van der Waals surface area contributed by atoms with Gasteiger partial charge in [-0.05, 0) is 11.7 Å². The average molecular weight is 194 g/mol. The maximum absolute atomic E-state index is 4.78. The van der Waals surface area contributed by atoms with Gasteiger partial charge in [0, 0.05) is 13.7 Å². The van der Waals surface area contributed by atoms with E-state index in [1.165, 1.54) is 12.8 Å². The van der Waals surface area contributed by atoms with Crippen molar-refractivity contribution in [3.8, 4) is 0 Å². The molecule has 0 aromatic carbocycles. The third kappa shape index (κ3) is 81.6. The third-order valence-corrected chi connectivity index (χ3v) is 0.702. The third-order valence-electron chi connectivity index (χ3n) is 0.702. The summed E-state index contributed by atoms with van der Waals surface area (Å²) < 4.78 is 4.78. The fourth-order valence-electron chi connectivity index (χ4n) is 0.289. The van der Waals surface area contributed by atoms with Crippen LogP contribution in [0.15, 0.2) is 0 Å². The first-order valence-corrected chi connectivity index (χ1v) is 5.33. The number of ether oxygens (including phenoxy) is 1. The van der Waals surface area contributed by atoms with Crippen LogP contribution in [0.25, 0.3) is 0 Å². The first kappa shape index (κ1) is 18.2. The first-order valence-electron chi connectivity index (χ1n) is 4.82. The van der Waals surface area contributed by atoms with Crippen molar-refractivity contribution in [2.45, 2.75) is 52.7 Å². The lowest BCUT2D eigenvalue weighted by Gasteiger charge is -1.89. The molecule has 0 unspecified atom stereocenters. The highest BCUT2D eigenvalue weighted by molar-refractivity contribution is 7.80. The van der Waals surface area contributed by atoms with Gasteiger partial charge in [0.2, 0.25) is 0 Å². The Morgan fingerprint density at radius 1 is 1.25 bits per heavy atom. The van der Waals surface area contributed by atoms with Crippen molar-refractivity contribution >= 4 is 12.6 Å². The van der Waals surface area contributed by atoms with Gasteiger partial charge in [0.05, 0.1) is 0 Å². The molecule has 0 fully saturated rings. The summed E-state index contributed by atoms with van der Waals surface area (Å²) >= 11 is 3.97. The van der Waals surface area contributed by atoms with E-state index in [2.05, 4.69) is 19.6 Å². The van der Waals surface area contributed by atoms with Gasteiger partial charge in [-0.1, -0.05) is 41.0 Å². The van der Waals surface area contributed by atoms with E-state index in [-0.39, 0.29) is 0 Å². The van der Waals surface area contributed by atoms with Crippen LogP contribution in [0.3, 0.4) is 0 Å². The first-order chi connectivity index (χ1) is 5.65. The Balaban J connectivity index is -0.000000118. The maximum Gasteiger partial charge on any atom is 0.0462 e. The summed E-state index contributed by atoms with van der Waals surface area (Å²) in [6.07, 6.45) is 2.42. The second-order valence-corrected chi connectivity index (χ2v) is 3.47. The van der Waals surface area contributed by atoms with E-state index in [0.29, 0.717) is 5.25 Å². The van der Waals surface area contributed by atoms with Crippen LogP contribution >= 0.6 is 12.6 Å². The molecule has 0 aromatic rings. The van der Waals surface area contributed by atoms with Crippen LogP contribution in [0.4, 0.5) is 0 Å². The lowest BCUT2D eigenvalue weighted by atomic mass is 10.4. The highest BCUT2D eigenvalue weighted by Crippen LogP contribution is 1.83. The average Bonchev–Trinajstić information content (AvgIpc) is 2.04. The van der Waals surface area contributed by atoms with E-state index < -0.39 is 0 Å². The van der Waals surface area contributed by atoms with Crippen LogP contribution in [-0.2, 0) is 4.74 Å². The maximum atomic E-state index is 4.78. The lowest BCUT2D eigenvalue weighted by Crippen LogP contribution is -1.84. The predicted octanol–water partition coefficient (Wildman–Crippen LogP) is 3.78. The smallest absolute Gasteiger partial charge is 0.0462 e. The van der Waals surface area contributed by atoms with Crippen molar-refractivity contribution in [2.75, 3.05) is 13.7 Å². The normalized spacial score (nSPS) is 8.00. The Morgan fingerprint density at radius 2 is 1.58 bits per heavy atom. The topological polar surface area (TPSA) is 9.23 Å². The Bertz CT molecular complexity index is 40.3. The van der Waals surface area contributed by atoms with Gasteiger partial charge in [0.1, 0.15) is 0 Å². The highest BCUT2D eigenvalue weighted by Gasteiger charge is 1.74. The van der Waals surface area contributed by atoms with Crippen molar-refractivity contribution in [3.05, 3.63) is 0 Å². The molecule has 0 aliphatic heterocycles. The fourth-order valence-corrected chi connectivity index (χ4v) is 0.289. The van der Waals surface area contributed by atoms with Crippen LogP contribution in [0.5, 0.6) is 0 Å². The lowest BCUT2D eigenvalue weighted by molar-refractivity contribution is 0.194. The van der Waals surface area contributed by atoms with Crippen molar-refractivity contribution in [1.82, 2.24) is 0 Å². The molecule has 2 heteroatoms. The van der Waals surface area contributed by atoms with E-state index in [4.69, 9.17) is 4.74 Å². The van der Waals surface area contributed by atoms with E-state index in [9.17, 15) is 0 Å². The molecule has 78 valence electrons. The van der Waals surface area contributed by atoms with Crippen molar-refractivity contribution in [2.24, 2.45) is 0 Å². The quantitative estimate of drug-likeness (QED) is 0.531. The van der Waals surface area contributed by atoms with Crippen molar-refractivity contribution < 1.29 is 4.74 Å². The second-order valence-electron chi connectivity index (χ2n) is 2.44. The molecule has 0 rings (SSSR count). The molecule has 0 aliphatic rings. The van der Waals surface area contributed by atoms with Gasteiger partial charge in [0.15, 0.2) is 0 Å². The van der Waals surface area contributed by atoms with Crippen LogP contribution in [0, 0.1) is 0 Å². The molecule has 0 aromatic heterocycles. The molecule has 0 saturated carbocycles. The molecular formula is C10H26OS. The Kier molecular flexibility index (Phi) is 34.1. The molecule has 1 nitrogen and oxygen atoms in total. The van der Waals surface area contributed by atoms with Gasteiger partial charge >= 0.3 is 0 Å². The summed E-state index contributed by atoms with van der Waals surface area (Å²) in [6.45, 7) is 11.1. The van der Waals surface area contributed by atoms with Gasteiger partial charge in [-0.3, -0.25) is 0 Å². The minimum Gasteiger partial charge on any atom is -0.385 e. The number of methoxy groups -OCH3 is 1. The second kappa shape index (κ2) is 22.5. The van der Waals surface area contributed by atoms with Gasteiger partial charge in [-0.2, -0.15) is 12.6 Å². The molecule has 0 amide bonds. The molecule has 0 saturated heterocycles. The number of thiol groups is 1. The van der Waals surface area contributed by atoms with Gasteiger partial charge in [0.25, 0.3) is 0 Å². The summed E-state index contributed by atoms with van der Waals surface area (Å²) in [5.41, 5.74) is 0. The molecule has 12 heavy (non-hydrogen) atoms. The molecule has 0 radical (unpaired) electrons. The fraction of sp³-hybridized carbons (Fsp3) is 1.00. The number of unbranched alkanes of at least 4 members (excludes halogenated alkanes) is 1.